The van der Waals surface area contributed by atoms with Crippen molar-refractivity contribution in [3.8, 4) is 0 Å². The quantitative estimate of drug-likeness (QED) is 0.881. The maximum atomic E-state index is 12.2. The van der Waals surface area contributed by atoms with Gasteiger partial charge in [0.15, 0.2) is 0 Å². The lowest BCUT2D eigenvalue weighted by molar-refractivity contribution is 0.0269. The van der Waals surface area contributed by atoms with Gasteiger partial charge in [-0.25, -0.2) is 0 Å². The Morgan fingerprint density at radius 1 is 1.47 bits per heavy atom. The number of nitrogens with one attached hydrogen (secondary N) is 1. The van der Waals surface area contributed by atoms with E-state index in [1.165, 1.54) is 0 Å². The summed E-state index contributed by atoms with van der Waals surface area (Å²) in [5.74, 6) is -0.0919. The number of hydrogen-bond acceptors (Lipinski definition) is 6. The number of carbonyl (C=O) groups is 1. The molecule has 1 amide bonds. The molecule has 1 aliphatic heterocycles. The summed E-state index contributed by atoms with van der Waals surface area (Å²) in [7, 11) is 0. The van der Waals surface area contributed by atoms with Gasteiger partial charge >= 0.3 is 0 Å². The number of aromatic nitrogens is 2. The first-order valence-electron chi connectivity index (χ1n) is 6.39. The van der Waals surface area contributed by atoms with Gasteiger partial charge in [0, 0.05) is 25.2 Å². The first kappa shape index (κ1) is 14.4. The van der Waals surface area contributed by atoms with Gasteiger partial charge in [-0.15, -0.1) is 5.10 Å². The number of morpholine rings is 1. The lowest BCUT2D eigenvalue weighted by Gasteiger charge is -2.35. The van der Waals surface area contributed by atoms with Crippen molar-refractivity contribution in [2.24, 2.45) is 0 Å². The standard InChI is InChI=1S/C12H20N4O2S/c1-9-10(19-15-14-9)11(17)13-12(2,3)8-16-4-6-18-7-5-16/h4-8H2,1-3H3,(H,13,17). The Morgan fingerprint density at radius 3 is 2.74 bits per heavy atom. The van der Waals surface area contributed by atoms with Crippen LogP contribution in [0.3, 0.4) is 0 Å². The Balaban J connectivity index is 1.92. The molecule has 0 unspecified atom stereocenters. The molecule has 19 heavy (non-hydrogen) atoms. The van der Waals surface area contributed by atoms with Crippen molar-refractivity contribution in [1.82, 2.24) is 19.8 Å². The van der Waals surface area contributed by atoms with Crippen LogP contribution in [0.5, 0.6) is 0 Å². The van der Waals surface area contributed by atoms with Gasteiger partial charge in [-0.1, -0.05) is 4.49 Å². The third-order valence-electron chi connectivity index (χ3n) is 3.03. The fraction of sp³-hybridized carbons (Fsp3) is 0.750. The van der Waals surface area contributed by atoms with Crippen LogP contribution >= 0.6 is 11.5 Å². The van der Waals surface area contributed by atoms with Crippen LogP contribution in [0, 0.1) is 6.92 Å². The topological polar surface area (TPSA) is 67.4 Å². The minimum absolute atomic E-state index is 0.0919. The molecule has 1 aromatic heterocycles. The normalized spacial score (nSPS) is 17.4. The lowest BCUT2D eigenvalue weighted by Crippen LogP contribution is -2.53. The number of rotatable bonds is 4. The van der Waals surface area contributed by atoms with E-state index in [2.05, 4.69) is 19.8 Å². The molecule has 0 radical (unpaired) electrons. The van der Waals surface area contributed by atoms with Gasteiger partial charge in [0.2, 0.25) is 0 Å². The van der Waals surface area contributed by atoms with Crippen molar-refractivity contribution < 1.29 is 9.53 Å². The van der Waals surface area contributed by atoms with Crippen LogP contribution in [0.15, 0.2) is 0 Å². The molecule has 1 aliphatic rings. The molecule has 0 spiro atoms. The van der Waals surface area contributed by atoms with E-state index in [-0.39, 0.29) is 11.4 Å². The number of hydrogen-bond donors (Lipinski definition) is 1. The summed E-state index contributed by atoms with van der Waals surface area (Å²) in [6.45, 7) is 10.0. The molecule has 0 atom stereocenters. The zero-order valence-electron chi connectivity index (χ0n) is 11.6. The predicted molar refractivity (Wildman–Crippen MR) is 73.5 cm³/mol. The van der Waals surface area contributed by atoms with E-state index in [4.69, 9.17) is 4.74 Å². The average molecular weight is 284 g/mol. The molecule has 106 valence electrons. The van der Waals surface area contributed by atoms with Gasteiger partial charge in [-0.05, 0) is 32.3 Å². The highest BCUT2D eigenvalue weighted by atomic mass is 32.1. The Labute approximate surface area is 117 Å². The van der Waals surface area contributed by atoms with E-state index in [1.54, 1.807) is 6.92 Å². The molecule has 1 N–H and O–H groups in total. The summed E-state index contributed by atoms with van der Waals surface area (Å²) in [5.41, 5.74) is 0.398. The Bertz CT molecular complexity index is 441. The summed E-state index contributed by atoms with van der Waals surface area (Å²) < 4.78 is 9.12. The van der Waals surface area contributed by atoms with Crippen LogP contribution in [-0.4, -0.2) is 58.8 Å². The fourth-order valence-electron chi connectivity index (χ4n) is 2.16. The summed E-state index contributed by atoms with van der Waals surface area (Å²) in [4.78, 5) is 15.1. The third kappa shape index (κ3) is 3.95. The molecular weight excluding hydrogens is 264 g/mol. The van der Waals surface area contributed by atoms with Crippen molar-refractivity contribution in [2.45, 2.75) is 26.3 Å². The largest absolute Gasteiger partial charge is 0.379 e. The molecule has 1 saturated heterocycles. The lowest BCUT2D eigenvalue weighted by atomic mass is 10.0. The molecule has 1 fully saturated rings. The summed E-state index contributed by atoms with van der Waals surface area (Å²) >= 11 is 1.14. The van der Waals surface area contributed by atoms with Gasteiger partial charge in [0.25, 0.3) is 5.91 Å². The molecule has 0 aliphatic carbocycles. The highest BCUT2D eigenvalue weighted by Crippen LogP contribution is 2.13. The van der Waals surface area contributed by atoms with E-state index in [0.29, 0.717) is 10.6 Å². The van der Waals surface area contributed by atoms with Crippen LogP contribution in [-0.2, 0) is 4.74 Å². The van der Waals surface area contributed by atoms with Gasteiger partial charge in [0.1, 0.15) is 4.88 Å². The van der Waals surface area contributed by atoms with Crippen LogP contribution in [0.25, 0.3) is 0 Å². The summed E-state index contributed by atoms with van der Waals surface area (Å²) in [5, 5.41) is 6.92. The van der Waals surface area contributed by atoms with E-state index in [1.807, 2.05) is 13.8 Å². The smallest absolute Gasteiger partial charge is 0.265 e. The first-order chi connectivity index (χ1) is 8.98. The number of carbonyl (C=O) groups excluding carboxylic acids is 1. The van der Waals surface area contributed by atoms with Crippen LogP contribution in [0.2, 0.25) is 0 Å². The second-order valence-electron chi connectivity index (χ2n) is 5.41. The molecular formula is C12H20N4O2S. The van der Waals surface area contributed by atoms with Crippen LogP contribution in [0.4, 0.5) is 0 Å². The predicted octanol–water partition coefficient (Wildman–Crippen LogP) is 0.687. The number of aryl methyl sites for hydroxylation is 1. The van der Waals surface area contributed by atoms with Crippen molar-refractivity contribution >= 4 is 17.4 Å². The molecule has 2 rings (SSSR count). The van der Waals surface area contributed by atoms with Crippen molar-refractivity contribution in [3.05, 3.63) is 10.6 Å². The zero-order valence-corrected chi connectivity index (χ0v) is 12.4. The van der Waals surface area contributed by atoms with Gasteiger partial charge in [-0.3, -0.25) is 9.69 Å². The number of amides is 1. The maximum absolute atomic E-state index is 12.2. The monoisotopic (exact) mass is 284 g/mol. The molecule has 0 saturated carbocycles. The average Bonchev–Trinajstić information content (AvgIpc) is 2.75. The minimum Gasteiger partial charge on any atom is -0.379 e. The molecule has 7 heteroatoms. The molecule has 2 heterocycles. The molecule has 1 aromatic rings. The molecule has 0 bridgehead atoms. The second-order valence-corrected chi connectivity index (χ2v) is 6.17. The van der Waals surface area contributed by atoms with Crippen molar-refractivity contribution in [3.63, 3.8) is 0 Å². The SMILES string of the molecule is Cc1nnsc1C(=O)NC(C)(C)CN1CCOCC1. The fourth-order valence-corrected chi connectivity index (χ4v) is 2.71. The van der Waals surface area contributed by atoms with E-state index < -0.39 is 0 Å². The minimum atomic E-state index is -0.287. The number of ether oxygens (including phenoxy) is 1. The highest BCUT2D eigenvalue weighted by molar-refractivity contribution is 7.08. The second kappa shape index (κ2) is 5.94. The first-order valence-corrected chi connectivity index (χ1v) is 7.17. The third-order valence-corrected chi connectivity index (χ3v) is 3.86. The van der Waals surface area contributed by atoms with Crippen LogP contribution < -0.4 is 5.32 Å². The number of nitrogens with zero attached hydrogens (tertiary/aromatic N) is 3. The van der Waals surface area contributed by atoms with Crippen LogP contribution in [0.1, 0.15) is 29.2 Å². The summed E-state index contributed by atoms with van der Waals surface area (Å²) in [6.07, 6.45) is 0. The van der Waals surface area contributed by atoms with E-state index >= 15 is 0 Å². The van der Waals surface area contributed by atoms with Crippen molar-refractivity contribution in [1.29, 1.82) is 0 Å². The summed E-state index contributed by atoms with van der Waals surface area (Å²) in [6, 6.07) is 0. The molecule has 0 aromatic carbocycles. The van der Waals surface area contributed by atoms with Crippen molar-refractivity contribution in [2.75, 3.05) is 32.8 Å². The Hall–Kier alpha value is -1.05. The zero-order chi connectivity index (χ0) is 13.9. The molecule has 6 nitrogen and oxygen atoms in total. The highest BCUT2D eigenvalue weighted by Gasteiger charge is 2.26. The Morgan fingerprint density at radius 2 is 2.16 bits per heavy atom. The van der Waals surface area contributed by atoms with Gasteiger partial charge in [-0.2, -0.15) is 0 Å². The van der Waals surface area contributed by atoms with Gasteiger partial charge < -0.3 is 10.1 Å². The Kier molecular flexibility index (Phi) is 4.49. The maximum Gasteiger partial charge on any atom is 0.265 e. The van der Waals surface area contributed by atoms with E-state index in [9.17, 15) is 4.79 Å². The van der Waals surface area contributed by atoms with Gasteiger partial charge in [0.05, 0.1) is 18.9 Å². The van der Waals surface area contributed by atoms with E-state index in [0.717, 1.165) is 44.4 Å².